The summed E-state index contributed by atoms with van der Waals surface area (Å²) in [5.74, 6) is 0.974. The van der Waals surface area contributed by atoms with Crippen molar-refractivity contribution in [2.75, 3.05) is 11.4 Å². The number of nitrogens with zero attached hydrogens (tertiary/aromatic N) is 2. The normalized spacial score (nSPS) is 25.6. The Bertz CT molecular complexity index is 538. The Morgan fingerprint density at radius 1 is 1.30 bits per heavy atom. The molecule has 2 atom stereocenters. The number of aryl methyl sites for hydroxylation is 2. The minimum atomic E-state index is 0.144. The molecule has 2 fully saturated rings. The number of nitrogens with one attached hydrogen (secondary N) is 1. The molecular weight excluding hydrogens is 248 g/mol. The summed E-state index contributed by atoms with van der Waals surface area (Å²) in [7, 11) is 0. The van der Waals surface area contributed by atoms with Gasteiger partial charge in [-0.3, -0.25) is 10.4 Å². The van der Waals surface area contributed by atoms with Gasteiger partial charge >= 0.3 is 0 Å². The second-order valence-electron chi connectivity index (χ2n) is 6.25. The van der Waals surface area contributed by atoms with Gasteiger partial charge in [0.1, 0.15) is 5.84 Å². The van der Waals surface area contributed by atoms with Gasteiger partial charge in [-0.05, 0) is 51.5 Å². The molecular formula is C16H24N4. The summed E-state index contributed by atoms with van der Waals surface area (Å²) in [4.78, 5) is 7.00. The molecule has 1 saturated carbocycles. The molecule has 20 heavy (non-hydrogen) atoms. The number of nitrogens with two attached hydrogens (primary N) is 1. The van der Waals surface area contributed by atoms with Gasteiger partial charge in [0.25, 0.3) is 0 Å². The van der Waals surface area contributed by atoms with Crippen molar-refractivity contribution >= 4 is 11.5 Å². The van der Waals surface area contributed by atoms with Crippen LogP contribution in [0.3, 0.4) is 0 Å². The molecule has 0 aromatic carbocycles. The summed E-state index contributed by atoms with van der Waals surface area (Å²) in [5.41, 5.74) is 9.70. The summed E-state index contributed by atoms with van der Waals surface area (Å²) in [5, 5.41) is 7.91. The van der Waals surface area contributed by atoms with E-state index >= 15 is 0 Å². The number of aromatic nitrogens is 1. The maximum atomic E-state index is 7.91. The molecule has 4 heteroatoms. The van der Waals surface area contributed by atoms with Gasteiger partial charge in [0.05, 0.1) is 16.9 Å². The van der Waals surface area contributed by atoms with Gasteiger partial charge < -0.3 is 10.6 Å². The zero-order chi connectivity index (χ0) is 14.3. The lowest BCUT2D eigenvalue weighted by Crippen LogP contribution is -2.43. The van der Waals surface area contributed by atoms with Gasteiger partial charge in [-0.25, -0.2) is 0 Å². The first kappa shape index (κ1) is 13.4. The number of hydrogen-bond donors (Lipinski definition) is 2. The molecule has 2 unspecified atom stereocenters. The third kappa shape index (κ3) is 2.17. The smallest absolute Gasteiger partial charge is 0.126 e. The lowest BCUT2D eigenvalue weighted by molar-refractivity contribution is 0.362. The highest BCUT2D eigenvalue weighted by Gasteiger charge is 2.36. The molecule has 1 aliphatic carbocycles. The third-order valence-electron chi connectivity index (χ3n) is 4.88. The van der Waals surface area contributed by atoms with Crippen molar-refractivity contribution in [3.05, 3.63) is 23.0 Å². The van der Waals surface area contributed by atoms with E-state index in [1.54, 1.807) is 0 Å². The van der Waals surface area contributed by atoms with Crippen LogP contribution in [-0.4, -0.2) is 23.4 Å². The van der Waals surface area contributed by atoms with Crippen molar-refractivity contribution in [2.45, 2.75) is 52.0 Å². The lowest BCUT2D eigenvalue weighted by atomic mass is 9.90. The van der Waals surface area contributed by atoms with Crippen LogP contribution in [0.4, 0.5) is 5.69 Å². The predicted octanol–water partition coefficient (Wildman–Crippen LogP) is 2.75. The Morgan fingerprint density at radius 2 is 2.05 bits per heavy atom. The number of anilines is 1. The molecule has 2 aliphatic rings. The molecule has 3 rings (SSSR count). The summed E-state index contributed by atoms with van der Waals surface area (Å²) in [6.07, 6.45) is 6.59. The molecule has 1 aromatic rings. The highest BCUT2D eigenvalue weighted by Crippen LogP contribution is 2.40. The number of hydrogen-bond acceptors (Lipinski definition) is 3. The Hall–Kier alpha value is -1.58. The molecule has 4 nitrogen and oxygen atoms in total. The third-order valence-corrected chi connectivity index (χ3v) is 4.88. The highest BCUT2D eigenvalue weighted by molar-refractivity contribution is 6.01. The number of piperidine rings is 1. The minimum absolute atomic E-state index is 0.144. The first-order valence-corrected chi connectivity index (χ1v) is 7.67. The maximum absolute atomic E-state index is 7.91. The summed E-state index contributed by atoms with van der Waals surface area (Å²) in [6, 6.07) is 2.76. The van der Waals surface area contributed by atoms with Gasteiger partial charge in [0, 0.05) is 18.3 Å². The SMILES string of the molecule is Cc1cc(N2CCCC3CCCC32)c(C(=N)N)c(C)n1. The molecule has 108 valence electrons. The van der Waals surface area contributed by atoms with Gasteiger partial charge in [-0.1, -0.05) is 6.42 Å². The van der Waals surface area contributed by atoms with E-state index in [1.807, 2.05) is 13.8 Å². The molecule has 0 radical (unpaired) electrons. The summed E-state index contributed by atoms with van der Waals surface area (Å²) in [6.45, 7) is 5.07. The van der Waals surface area contributed by atoms with E-state index in [0.717, 1.165) is 35.1 Å². The van der Waals surface area contributed by atoms with E-state index in [9.17, 15) is 0 Å². The predicted molar refractivity (Wildman–Crippen MR) is 82.4 cm³/mol. The minimum Gasteiger partial charge on any atom is -0.384 e. The molecule has 1 saturated heterocycles. The van der Waals surface area contributed by atoms with Crippen LogP contribution in [0, 0.1) is 25.2 Å². The largest absolute Gasteiger partial charge is 0.384 e. The number of rotatable bonds is 2. The number of amidine groups is 1. The summed E-state index contributed by atoms with van der Waals surface area (Å²) >= 11 is 0. The van der Waals surface area contributed by atoms with Crippen molar-refractivity contribution in [2.24, 2.45) is 11.7 Å². The number of nitrogen functional groups attached to an aromatic ring is 1. The van der Waals surface area contributed by atoms with Crippen molar-refractivity contribution in [1.29, 1.82) is 5.41 Å². The highest BCUT2D eigenvalue weighted by atomic mass is 15.2. The van der Waals surface area contributed by atoms with E-state index in [4.69, 9.17) is 11.1 Å². The van der Waals surface area contributed by atoms with Crippen LogP contribution in [0.25, 0.3) is 0 Å². The maximum Gasteiger partial charge on any atom is 0.126 e. The van der Waals surface area contributed by atoms with E-state index in [2.05, 4.69) is 16.0 Å². The molecule has 3 N–H and O–H groups in total. The quantitative estimate of drug-likeness (QED) is 0.642. The summed E-state index contributed by atoms with van der Waals surface area (Å²) < 4.78 is 0. The van der Waals surface area contributed by atoms with Crippen molar-refractivity contribution in [1.82, 2.24) is 4.98 Å². The first-order valence-electron chi connectivity index (χ1n) is 7.67. The van der Waals surface area contributed by atoms with E-state index in [0.29, 0.717) is 6.04 Å². The Morgan fingerprint density at radius 3 is 2.80 bits per heavy atom. The molecule has 0 bridgehead atoms. The zero-order valence-electron chi connectivity index (χ0n) is 12.4. The van der Waals surface area contributed by atoms with Crippen LogP contribution >= 0.6 is 0 Å². The monoisotopic (exact) mass is 272 g/mol. The topological polar surface area (TPSA) is 66.0 Å². The van der Waals surface area contributed by atoms with Crippen molar-refractivity contribution in [3.8, 4) is 0 Å². The molecule has 2 heterocycles. The Balaban J connectivity index is 2.06. The van der Waals surface area contributed by atoms with Crippen LogP contribution in [0.15, 0.2) is 6.07 Å². The number of fused-ring (bicyclic) bond motifs is 1. The lowest BCUT2D eigenvalue weighted by Gasteiger charge is -2.40. The van der Waals surface area contributed by atoms with Crippen LogP contribution < -0.4 is 10.6 Å². The van der Waals surface area contributed by atoms with E-state index in [1.165, 1.54) is 32.1 Å². The van der Waals surface area contributed by atoms with Crippen molar-refractivity contribution in [3.63, 3.8) is 0 Å². The van der Waals surface area contributed by atoms with Crippen LogP contribution in [0.1, 0.15) is 49.1 Å². The van der Waals surface area contributed by atoms with Crippen LogP contribution in [-0.2, 0) is 0 Å². The Kier molecular flexibility index (Phi) is 3.40. The fraction of sp³-hybridized carbons (Fsp3) is 0.625. The fourth-order valence-electron chi connectivity index (χ4n) is 4.12. The molecule has 1 aliphatic heterocycles. The van der Waals surface area contributed by atoms with Gasteiger partial charge in [-0.15, -0.1) is 0 Å². The molecule has 0 spiro atoms. The molecule has 1 aromatic heterocycles. The van der Waals surface area contributed by atoms with Gasteiger partial charge in [0.2, 0.25) is 0 Å². The van der Waals surface area contributed by atoms with Crippen LogP contribution in [0.5, 0.6) is 0 Å². The van der Waals surface area contributed by atoms with Crippen LogP contribution in [0.2, 0.25) is 0 Å². The molecule has 0 amide bonds. The number of pyridine rings is 1. The van der Waals surface area contributed by atoms with Gasteiger partial charge in [0.15, 0.2) is 0 Å². The Labute approximate surface area is 120 Å². The second-order valence-corrected chi connectivity index (χ2v) is 6.25. The zero-order valence-corrected chi connectivity index (χ0v) is 12.4. The standard InChI is InChI=1S/C16H24N4/c1-10-9-14(15(16(17)18)11(2)19-10)20-8-4-6-12-5-3-7-13(12)20/h9,12-13H,3-8H2,1-2H3,(H3,17,18). The van der Waals surface area contributed by atoms with Gasteiger partial charge in [-0.2, -0.15) is 0 Å². The average Bonchev–Trinajstić information content (AvgIpc) is 2.84. The van der Waals surface area contributed by atoms with Crippen molar-refractivity contribution < 1.29 is 0 Å². The second kappa shape index (κ2) is 5.08. The van der Waals surface area contributed by atoms with E-state index in [-0.39, 0.29) is 5.84 Å². The first-order chi connectivity index (χ1) is 9.58. The van der Waals surface area contributed by atoms with E-state index < -0.39 is 0 Å². The fourth-order valence-corrected chi connectivity index (χ4v) is 4.12. The average molecular weight is 272 g/mol.